The van der Waals surface area contributed by atoms with Crippen LogP contribution in [-0.4, -0.2) is 10.1 Å². The molecule has 2 N–H and O–H groups in total. The van der Waals surface area contributed by atoms with Crippen LogP contribution in [0.1, 0.15) is 11.1 Å². The van der Waals surface area contributed by atoms with Gasteiger partial charge in [-0.05, 0) is 12.1 Å². The van der Waals surface area contributed by atoms with Crippen LogP contribution in [0.2, 0.25) is 0 Å². The first-order valence-corrected chi connectivity index (χ1v) is 4.29. The topological polar surface area (TPSA) is 36.0 Å². The molecule has 0 radical (unpaired) electrons. The zero-order valence-electron chi connectivity index (χ0n) is 7.49. The highest BCUT2D eigenvalue weighted by atomic mass is 16.3. The Balaban J connectivity index is 2.28. The van der Waals surface area contributed by atoms with Crippen LogP contribution in [0.4, 0.5) is 0 Å². The van der Waals surface area contributed by atoms with E-state index in [0.717, 1.165) is 5.56 Å². The first-order chi connectivity index (χ1) is 6.86. The van der Waals surface area contributed by atoms with Gasteiger partial charge in [-0.15, -0.1) is 0 Å². The second kappa shape index (κ2) is 3.71. The maximum Gasteiger partial charge on any atom is 0.148 e. The zero-order valence-corrected chi connectivity index (χ0v) is 7.49. The molecular weight excluding hydrogens is 174 g/mol. The standard InChI is InChI=1S/C12H9NO/c14-12-9-13-8-11(12)7-6-10-4-2-1-3-5-10/h1-5,8-9,13-14H. The number of rotatable bonds is 0. The Hall–Kier alpha value is -2.14. The Labute approximate surface area is 82.2 Å². The second-order valence-corrected chi connectivity index (χ2v) is 2.87. The number of aromatic nitrogens is 1. The van der Waals surface area contributed by atoms with Crippen LogP contribution in [-0.2, 0) is 0 Å². The predicted molar refractivity (Wildman–Crippen MR) is 54.9 cm³/mol. The Morgan fingerprint density at radius 2 is 1.79 bits per heavy atom. The summed E-state index contributed by atoms with van der Waals surface area (Å²) >= 11 is 0. The van der Waals surface area contributed by atoms with Gasteiger partial charge in [0.25, 0.3) is 0 Å². The fourth-order valence-electron chi connectivity index (χ4n) is 1.12. The first-order valence-electron chi connectivity index (χ1n) is 4.29. The van der Waals surface area contributed by atoms with Crippen molar-refractivity contribution in [2.45, 2.75) is 0 Å². The number of aromatic amines is 1. The zero-order chi connectivity index (χ0) is 9.80. The maximum atomic E-state index is 9.29. The minimum absolute atomic E-state index is 0.188. The van der Waals surface area contributed by atoms with Crippen molar-refractivity contribution in [2.24, 2.45) is 0 Å². The van der Waals surface area contributed by atoms with Gasteiger partial charge in [0.05, 0.1) is 5.56 Å². The molecule has 0 fully saturated rings. The third-order valence-corrected chi connectivity index (χ3v) is 1.84. The average molecular weight is 183 g/mol. The van der Waals surface area contributed by atoms with Crippen molar-refractivity contribution in [2.75, 3.05) is 0 Å². The highest BCUT2D eigenvalue weighted by Gasteiger charge is 1.95. The van der Waals surface area contributed by atoms with Crippen molar-refractivity contribution in [1.82, 2.24) is 4.98 Å². The summed E-state index contributed by atoms with van der Waals surface area (Å²) in [6.45, 7) is 0. The van der Waals surface area contributed by atoms with Gasteiger partial charge in [0, 0.05) is 18.0 Å². The van der Waals surface area contributed by atoms with E-state index in [4.69, 9.17) is 0 Å². The molecule has 0 atom stereocenters. The molecule has 0 amide bonds. The van der Waals surface area contributed by atoms with Crippen LogP contribution in [0.25, 0.3) is 0 Å². The number of nitrogens with one attached hydrogen (secondary N) is 1. The van der Waals surface area contributed by atoms with Crippen LogP contribution in [0.5, 0.6) is 5.75 Å². The Morgan fingerprint density at radius 1 is 1.00 bits per heavy atom. The number of aromatic hydroxyl groups is 1. The normalized spacial score (nSPS) is 9.14. The van der Waals surface area contributed by atoms with E-state index in [0.29, 0.717) is 5.56 Å². The van der Waals surface area contributed by atoms with E-state index < -0.39 is 0 Å². The number of benzene rings is 1. The molecule has 0 unspecified atom stereocenters. The van der Waals surface area contributed by atoms with Crippen LogP contribution < -0.4 is 0 Å². The SMILES string of the molecule is Oc1c[nH]cc1C#Cc1ccccc1. The van der Waals surface area contributed by atoms with Crippen LogP contribution in [0.15, 0.2) is 42.7 Å². The summed E-state index contributed by atoms with van der Waals surface area (Å²) in [7, 11) is 0. The quantitative estimate of drug-likeness (QED) is 0.603. The van der Waals surface area contributed by atoms with Crippen LogP contribution in [0, 0.1) is 11.8 Å². The fraction of sp³-hybridized carbons (Fsp3) is 0. The van der Waals surface area contributed by atoms with E-state index in [9.17, 15) is 5.11 Å². The summed E-state index contributed by atoms with van der Waals surface area (Å²) in [5.41, 5.74) is 1.56. The van der Waals surface area contributed by atoms with Gasteiger partial charge in [0.1, 0.15) is 5.75 Å². The molecular formula is C12H9NO. The lowest BCUT2D eigenvalue weighted by atomic mass is 10.2. The van der Waals surface area contributed by atoms with Gasteiger partial charge in [-0.25, -0.2) is 0 Å². The molecule has 0 aliphatic carbocycles. The highest BCUT2D eigenvalue weighted by Crippen LogP contribution is 2.12. The van der Waals surface area contributed by atoms with Gasteiger partial charge in [0.15, 0.2) is 0 Å². The number of hydrogen-bond acceptors (Lipinski definition) is 1. The van der Waals surface area contributed by atoms with Crippen molar-refractivity contribution in [1.29, 1.82) is 0 Å². The summed E-state index contributed by atoms with van der Waals surface area (Å²) in [4.78, 5) is 2.78. The lowest BCUT2D eigenvalue weighted by Crippen LogP contribution is -1.72. The molecule has 2 aromatic rings. The first kappa shape index (κ1) is 8.46. The summed E-state index contributed by atoms with van der Waals surface area (Å²) < 4.78 is 0. The molecule has 2 heteroatoms. The minimum atomic E-state index is 0.188. The fourth-order valence-corrected chi connectivity index (χ4v) is 1.12. The molecule has 0 aliphatic heterocycles. The maximum absolute atomic E-state index is 9.29. The lowest BCUT2D eigenvalue weighted by molar-refractivity contribution is 0.475. The average Bonchev–Trinajstić information content (AvgIpc) is 2.63. The van der Waals surface area contributed by atoms with Crippen molar-refractivity contribution in [3.63, 3.8) is 0 Å². The largest absolute Gasteiger partial charge is 0.505 e. The second-order valence-electron chi connectivity index (χ2n) is 2.87. The highest BCUT2D eigenvalue weighted by molar-refractivity contribution is 5.47. The van der Waals surface area contributed by atoms with E-state index in [1.165, 1.54) is 6.20 Å². The minimum Gasteiger partial charge on any atom is -0.505 e. The van der Waals surface area contributed by atoms with E-state index in [-0.39, 0.29) is 5.75 Å². The Bertz CT molecular complexity index is 474. The summed E-state index contributed by atoms with van der Waals surface area (Å²) in [6, 6.07) is 9.66. The molecule has 1 aromatic carbocycles. The molecule has 68 valence electrons. The van der Waals surface area contributed by atoms with Gasteiger partial charge in [-0.3, -0.25) is 0 Å². The van der Waals surface area contributed by atoms with Crippen molar-refractivity contribution in [3.05, 3.63) is 53.9 Å². The lowest BCUT2D eigenvalue weighted by Gasteiger charge is -1.86. The van der Waals surface area contributed by atoms with Crippen molar-refractivity contribution in [3.8, 4) is 17.6 Å². The molecule has 0 bridgehead atoms. The molecule has 0 saturated carbocycles. The number of hydrogen-bond donors (Lipinski definition) is 2. The molecule has 0 saturated heterocycles. The predicted octanol–water partition coefficient (Wildman–Crippen LogP) is 2.12. The van der Waals surface area contributed by atoms with Crippen LogP contribution in [0.3, 0.4) is 0 Å². The van der Waals surface area contributed by atoms with Gasteiger partial charge < -0.3 is 10.1 Å². The molecule has 1 heterocycles. The number of H-pyrrole nitrogens is 1. The summed E-state index contributed by atoms with van der Waals surface area (Å²) in [6.07, 6.45) is 3.18. The van der Waals surface area contributed by atoms with E-state index in [1.807, 2.05) is 30.3 Å². The summed E-state index contributed by atoms with van der Waals surface area (Å²) in [5, 5.41) is 9.29. The Morgan fingerprint density at radius 3 is 2.43 bits per heavy atom. The molecule has 14 heavy (non-hydrogen) atoms. The van der Waals surface area contributed by atoms with Gasteiger partial charge in [-0.2, -0.15) is 0 Å². The summed E-state index contributed by atoms with van der Waals surface area (Å²) in [5.74, 6) is 6.02. The van der Waals surface area contributed by atoms with Crippen molar-refractivity contribution < 1.29 is 5.11 Å². The van der Waals surface area contributed by atoms with E-state index in [1.54, 1.807) is 6.20 Å². The molecule has 1 aromatic heterocycles. The molecule has 2 rings (SSSR count). The van der Waals surface area contributed by atoms with Gasteiger partial charge >= 0.3 is 0 Å². The van der Waals surface area contributed by atoms with E-state index >= 15 is 0 Å². The van der Waals surface area contributed by atoms with E-state index in [2.05, 4.69) is 16.8 Å². The smallest absolute Gasteiger partial charge is 0.148 e. The molecule has 0 spiro atoms. The molecule has 2 nitrogen and oxygen atoms in total. The molecule has 0 aliphatic rings. The Kier molecular flexibility index (Phi) is 2.24. The van der Waals surface area contributed by atoms with Crippen molar-refractivity contribution >= 4 is 0 Å². The van der Waals surface area contributed by atoms with Crippen LogP contribution >= 0.6 is 0 Å². The van der Waals surface area contributed by atoms with Gasteiger partial charge in [0.2, 0.25) is 0 Å². The monoisotopic (exact) mass is 183 g/mol. The van der Waals surface area contributed by atoms with Gasteiger partial charge in [-0.1, -0.05) is 30.0 Å². The third-order valence-electron chi connectivity index (χ3n) is 1.84. The third kappa shape index (κ3) is 1.78.